The van der Waals surface area contributed by atoms with Crippen molar-refractivity contribution in [2.45, 2.75) is 0 Å². The SMILES string of the molecule is N#Cc1cc(N)ccc1C=Cc1ccccc1. The third-order valence-corrected chi connectivity index (χ3v) is 2.45. The molecule has 0 aliphatic rings. The van der Waals surface area contributed by atoms with Gasteiger partial charge in [-0.15, -0.1) is 0 Å². The fraction of sp³-hybridized carbons (Fsp3) is 0. The minimum Gasteiger partial charge on any atom is -0.399 e. The largest absolute Gasteiger partial charge is 0.399 e. The summed E-state index contributed by atoms with van der Waals surface area (Å²) in [5.41, 5.74) is 8.82. The Morgan fingerprint density at radius 1 is 1.00 bits per heavy atom. The predicted molar refractivity (Wildman–Crippen MR) is 70.9 cm³/mol. The lowest BCUT2D eigenvalue weighted by atomic mass is 10.1. The molecule has 0 bridgehead atoms. The molecule has 0 radical (unpaired) electrons. The summed E-state index contributed by atoms with van der Waals surface area (Å²) >= 11 is 0. The molecule has 2 N–H and O–H groups in total. The minimum absolute atomic E-state index is 0.595. The van der Waals surface area contributed by atoms with Crippen LogP contribution in [0.15, 0.2) is 48.5 Å². The first-order valence-electron chi connectivity index (χ1n) is 5.32. The van der Waals surface area contributed by atoms with E-state index < -0.39 is 0 Å². The van der Waals surface area contributed by atoms with E-state index in [0.717, 1.165) is 11.1 Å². The molecule has 17 heavy (non-hydrogen) atoms. The second kappa shape index (κ2) is 5.00. The van der Waals surface area contributed by atoms with Crippen molar-refractivity contribution in [1.82, 2.24) is 0 Å². The fourth-order valence-electron chi connectivity index (χ4n) is 1.57. The summed E-state index contributed by atoms with van der Waals surface area (Å²) in [7, 11) is 0. The molecule has 2 nitrogen and oxygen atoms in total. The Bertz CT molecular complexity index is 578. The van der Waals surface area contributed by atoms with Crippen LogP contribution in [0.4, 0.5) is 5.69 Å². The van der Waals surface area contributed by atoms with E-state index in [0.29, 0.717) is 11.3 Å². The Labute approximate surface area is 101 Å². The summed E-state index contributed by atoms with van der Waals surface area (Å²) in [4.78, 5) is 0. The van der Waals surface area contributed by atoms with Crippen LogP contribution in [-0.2, 0) is 0 Å². The zero-order valence-electron chi connectivity index (χ0n) is 9.30. The third-order valence-electron chi connectivity index (χ3n) is 2.45. The monoisotopic (exact) mass is 220 g/mol. The average molecular weight is 220 g/mol. The van der Waals surface area contributed by atoms with Crippen molar-refractivity contribution in [3.05, 3.63) is 65.2 Å². The van der Waals surface area contributed by atoms with Gasteiger partial charge in [0.15, 0.2) is 0 Å². The molecule has 0 heterocycles. The van der Waals surface area contributed by atoms with Crippen LogP contribution in [0.1, 0.15) is 16.7 Å². The molecule has 82 valence electrons. The maximum atomic E-state index is 9.00. The first kappa shape index (κ1) is 11.0. The van der Waals surface area contributed by atoms with Gasteiger partial charge in [0.2, 0.25) is 0 Å². The number of benzene rings is 2. The van der Waals surface area contributed by atoms with Crippen molar-refractivity contribution >= 4 is 17.8 Å². The van der Waals surface area contributed by atoms with Gasteiger partial charge in [-0.25, -0.2) is 0 Å². The quantitative estimate of drug-likeness (QED) is 0.623. The number of nitrogen functional groups attached to an aromatic ring is 1. The van der Waals surface area contributed by atoms with Crippen LogP contribution in [0.3, 0.4) is 0 Å². The Balaban J connectivity index is 2.31. The highest BCUT2D eigenvalue weighted by molar-refractivity contribution is 5.73. The molecular formula is C15H12N2. The van der Waals surface area contributed by atoms with Crippen LogP contribution in [0.5, 0.6) is 0 Å². The Kier molecular flexibility index (Phi) is 3.23. The normalized spacial score (nSPS) is 10.3. The van der Waals surface area contributed by atoms with Crippen molar-refractivity contribution in [3.63, 3.8) is 0 Å². The van der Waals surface area contributed by atoms with E-state index in [1.807, 2.05) is 48.6 Å². The van der Waals surface area contributed by atoms with Crippen LogP contribution in [-0.4, -0.2) is 0 Å². The number of rotatable bonds is 2. The molecule has 0 unspecified atom stereocenters. The highest BCUT2D eigenvalue weighted by Crippen LogP contribution is 2.15. The lowest BCUT2D eigenvalue weighted by Gasteiger charge is -1.99. The second-order valence-electron chi connectivity index (χ2n) is 3.70. The number of nitriles is 1. The zero-order valence-corrected chi connectivity index (χ0v) is 9.30. The topological polar surface area (TPSA) is 49.8 Å². The smallest absolute Gasteiger partial charge is 0.0998 e. The summed E-state index contributed by atoms with van der Waals surface area (Å²) in [5.74, 6) is 0. The van der Waals surface area contributed by atoms with E-state index in [4.69, 9.17) is 11.0 Å². The Morgan fingerprint density at radius 3 is 2.47 bits per heavy atom. The van der Waals surface area contributed by atoms with E-state index in [1.54, 1.807) is 12.1 Å². The highest BCUT2D eigenvalue weighted by Gasteiger charge is 1.98. The molecule has 2 rings (SSSR count). The maximum absolute atomic E-state index is 9.00. The number of hydrogen-bond acceptors (Lipinski definition) is 2. The van der Waals surface area contributed by atoms with Crippen LogP contribution in [0.2, 0.25) is 0 Å². The van der Waals surface area contributed by atoms with Gasteiger partial charge in [-0.2, -0.15) is 5.26 Å². The molecule has 0 amide bonds. The third kappa shape index (κ3) is 2.73. The van der Waals surface area contributed by atoms with Gasteiger partial charge in [-0.3, -0.25) is 0 Å². The van der Waals surface area contributed by atoms with E-state index in [2.05, 4.69) is 6.07 Å². The maximum Gasteiger partial charge on any atom is 0.0998 e. The standard InChI is InChI=1S/C15H12N2/c16-11-14-10-15(17)9-8-13(14)7-6-12-4-2-1-3-5-12/h1-10H,17H2. The van der Waals surface area contributed by atoms with Gasteiger partial charge < -0.3 is 5.73 Å². The van der Waals surface area contributed by atoms with E-state index in [1.165, 1.54) is 0 Å². The van der Waals surface area contributed by atoms with Gasteiger partial charge in [-0.1, -0.05) is 48.6 Å². The zero-order chi connectivity index (χ0) is 12.1. The lowest BCUT2D eigenvalue weighted by molar-refractivity contribution is 1.47. The first-order chi connectivity index (χ1) is 8.29. The Hall–Kier alpha value is -2.53. The number of anilines is 1. The molecule has 0 aliphatic carbocycles. The molecule has 0 aliphatic heterocycles. The Morgan fingerprint density at radius 2 is 1.76 bits per heavy atom. The summed E-state index contributed by atoms with van der Waals surface area (Å²) in [5, 5.41) is 9.00. The van der Waals surface area contributed by atoms with Crippen molar-refractivity contribution in [2.75, 3.05) is 5.73 Å². The van der Waals surface area contributed by atoms with Gasteiger partial charge >= 0.3 is 0 Å². The summed E-state index contributed by atoms with van der Waals surface area (Å²) in [6.07, 6.45) is 3.90. The number of hydrogen-bond donors (Lipinski definition) is 1. The van der Waals surface area contributed by atoms with Crippen LogP contribution in [0, 0.1) is 11.3 Å². The molecule has 0 atom stereocenters. The van der Waals surface area contributed by atoms with E-state index in [-0.39, 0.29) is 0 Å². The molecule has 0 saturated heterocycles. The van der Waals surface area contributed by atoms with Gasteiger partial charge in [0, 0.05) is 5.69 Å². The predicted octanol–water partition coefficient (Wildman–Crippen LogP) is 3.31. The molecular weight excluding hydrogens is 208 g/mol. The molecule has 2 aromatic rings. The molecule has 0 aromatic heterocycles. The second-order valence-corrected chi connectivity index (χ2v) is 3.70. The molecule has 2 aromatic carbocycles. The summed E-state index contributed by atoms with van der Waals surface area (Å²) < 4.78 is 0. The van der Waals surface area contributed by atoms with Crippen molar-refractivity contribution < 1.29 is 0 Å². The van der Waals surface area contributed by atoms with Crippen LogP contribution in [0.25, 0.3) is 12.2 Å². The van der Waals surface area contributed by atoms with Crippen molar-refractivity contribution in [2.24, 2.45) is 0 Å². The van der Waals surface area contributed by atoms with Crippen molar-refractivity contribution in [3.8, 4) is 6.07 Å². The van der Waals surface area contributed by atoms with Crippen LogP contribution < -0.4 is 5.73 Å². The molecule has 0 fully saturated rings. The highest BCUT2D eigenvalue weighted by atomic mass is 14.5. The van der Waals surface area contributed by atoms with Gasteiger partial charge in [0.25, 0.3) is 0 Å². The van der Waals surface area contributed by atoms with Crippen LogP contribution >= 0.6 is 0 Å². The molecule has 0 saturated carbocycles. The van der Waals surface area contributed by atoms with Gasteiger partial charge in [0.1, 0.15) is 0 Å². The van der Waals surface area contributed by atoms with E-state index >= 15 is 0 Å². The van der Waals surface area contributed by atoms with Gasteiger partial charge in [-0.05, 0) is 23.3 Å². The van der Waals surface area contributed by atoms with Gasteiger partial charge in [0.05, 0.1) is 11.6 Å². The summed E-state index contributed by atoms with van der Waals surface area (Å²) in [6.45, 7) is 0. The number of nitrogens with zero attached hydrogens (tertiary/aromatic N) is 1. The lowest BCUT2D eigenvalue weighted by Crippen LogP contribution is -1.88. The number of nitrogens with two attached hydrogens (primary N) is 1. The summed E-state index contributed by atoms with van der Waals surface area (Å²) in [6, 6.07) is 17.4. The van der Waals surface area contributed by atoms with E-state index in [9.17, 15) is 0 Å². The molecule has 0 spiro atoms. The average Bonchev–Trinajstić information content (AvgIpc) is 2.38. The molecule has 2 heteroatoms. The fourth-order valence-corrected chi connectivity index (χ4v) is 1.57. The van der Waals surface area contributed by atoms with Crippen molar-refractivity contribution in [1.29, 1.82) is 5.26 Å². The first-order valence-corrected chi connectivity index (χ1v) is 5.32. The minimum atomic E-state index is 0.595.